The molecule has 0 atom stereocenters. The molecule has 0 fully saturated rings. The Morgan fingerprint density at radius 3 is 2.40 bits per heavy atom. The molecule has 0 aromatic heterocycles. The lowest BCUT2D eigenvalue weighted by Gasteiger charge is -2.18. The summed E-state index contributed by atoms with van der Waals surface area (Å²) in [6, 6.07) is 0. The Morgan fingerprint density at radius 1 is 1.50 bits per heavy atom. The molecule has 0 saturated carbocycles. The van der Waals surface area contributed by atoms with Crippen molar-refractivity contribution < 1.29 is 4.79 Å². The number of alkyl halides is 1. The molecule has 0 radical (unpaired) electrons. The van der Waals surface area contributed by atoms with Gasteiger partial charge in [-0.1, -0.05) is 6.92 Å². The van der Waals surface area contributed by atoms with E-state index in [0.717, 1.165) is 6.54 Å². The molecule has 10 heavy (non-hydrogen) atoms. The van der Waals surface area contributed by atoms with Gasteiger partial charge in [0.2, 0.25) is 5.91 Å². The smallest absolute Gasteiger partial charge is 0.222 e. The van der Waals surface area contributed by atoms with E-state index in [0.29, 0.717) is 18.8 Å². The number of carbonyl (C=O) groups excluding carboxylic acids is 1. The van der Waals surface area contributed by atoms with E-state index in [-0.39, 0.29) is 5.91 Å². The minimum absolute atomic E-state index is 0.183. The van der Waals surface area contributed by atoms with Gasteiger partial charge in [0.15, 0.2) is 0 Å². The molecule has 60 valence electrons. The maximum atomic E-state index is 11.0. The summed E-state index contributed by atoms with van der Waals surface area (Å²) < 4.78 is 0. The van der Waals surface area contributed by atoms with Crippen LogP contribution in [0.5, 0.6) is 0 Å². The first-order valence-corrected chi connectivity index (χ1v) is 4.13. The summed E-state index contributed by atoms with van der Waals surface area (Å²) in [7, 11) is 0. The van der Waals surface area contributed by atoms with Gasteiger partial charge in [-0.3, -0.25) is 4.79 Å². The Hall–Kier alpha value is -0.240. The first kappa shape index (κ1) is 9.76. The second-order valence-corrected chi connectivity index (χ2v) is 2.39. The highest BCUT2D eigenvalue weighted by Gasteiger charge is 2.06. The highest BCUT2D eigenvalue weighted by atomic mass is 35.5. The zero-order valence-corrected chi connectivity index (χ0v) is 7.32. The van der Waals surface area contributed by atoms with Gasteiger partial charge in [0.1, 0.15) is 0 Å². The number of amides is 1. The van der Waals surface area contributed by atoms with Crippen molar-refractivity contribution in [1.82, 2.24) is 4.90 Å². The molecule has 2 nitrogen and oxygen atoms in total. The average molecular weight is 164 g/mol. The molecule has 0 unspecified atom stereocenters. The second-order valence-electron chi connectivity index (χ2n) is 2.02. The standard InChI is InChI=1S/C7H14ClNO/c1-3-7(10)9(4-2)6-5-8/h3-6H2,1-2H3. The van der Waals surface area contributed by atoms with E-state index in [1.165, 1.54) is 0 Å². The zero-order chi connectivity index (χ0) is 7.98. The molecule has 0 saturated heterocycles. The summed E-state index contributed by atoms with van der Waals surface area (Å²) >= 11 is 5.48. The van der Waals surface area contributed by atoms with Crippen molar-refractivity contribution in [1.29, 1.82) is 0 Å². The maximum absolute atomic E-state index is 11.0. The normalized spacial score (nSPS) is 9.50. The van der Waals surface area contributed by atoms with Gasteiger partial charge in [-0.25, -0.2) is 0 Å². The lowest BCUT2D eigenvalue weighted by atomic mass is 10.4. The molecule has 0 aliphatic rings. The van der Waals surface area contributed by atoms with Crippen LogP contribution in [0.15, 0.2) is 0 Å². The lowest BCUT2D eigenvalue weighted by Crippen LogP contribution is -2.31. The lowest BCUT2D eigenvalue weighted by molar-refractivity contribution is -0.130. The molecular weight excluding hydrogens is 150 g/mol. The third kappa shape index (κ3) is 3.06. The topological polar surface area (TPSA) is 20.3 Å². The van der Waals surface area contributed by atoms with Gasteiger partial charge in [-0.2, -0.15) is 0 Å². The molecular formula is C7H14ClNO. The van der Waals surface area contributed by atoms with Gasteiger partial charge in [0.25, 0.3) is 0 Å². The molecule has 0 aliphatic carbocycles. The van der Waals surface area contributed by atoms with Crippen LogP contribution in [-0.4, -0.2) is 29.8 Å². The fraction of sp³-hybridized carbons (Fsp3) is 0.857. The predicted octanol–water partition coefficient (Wildman–Crippen LogP) is 1.48. The molecule has 0 spiro atoms. The second kappa shape index (κ2) is 5.54. The number of nitrogens with zero attached hydrogens (tertiary/aromatic N) is 1. The highest BCUT2D eigenvalue weighted by Crippen LogP contribution is 1.93. The van der Waals surface area contributed by atoms with Crippen molar-refractivity contribution in [3.8, 4) is 0 Å². The van der Waals surface area contributed by atoms with Crippen molar-refractivity contribution in [2.45, 2.75) is 20.3 Å². The molecule has 0 aliphatic heterocycles. The van der Waals surface area contributed by atoms with Crippen molar-refractivity contribution >= 4 is 17.5 Å². The molecule has 0 rings (SSSR count). The van der Waals surface area contributed by atoms with Crippen LogP contribution in [0.4, 0.5) is 0 Å². The van der Waals surface area contributed by atoms with Gasteiger partial charge in [-0.05, 0) is 6.92 Å². The van der Waals surface area contributed by atoms with E-state index in [1.54, 1.807) is 4.90 Å². The summed E-state index contributed by atoms with van der Waals surface area (Å²) in [6.07, 6.45) is 0.574. The van der Waals surface area contributed by atoms with E-state index in [4.69, 9.17) is 11.6 Å². The van der Waals surface area contributed by atoms with E-state index in [2.05, 4.69) is 0 Å². The zero-order valence-electron chi connectivity index (χ0n) is 6.56. The third-order valence-electron chi connectivity index (χ3n) is 1.39. The number of hydrogen-bond donors (Lipinski definition) is 0. The Kier molecular flexibility index (Phi) is 5.40. The predicted molar refractivity (Wildman–Crippen MR) is 43.3 cm³/mol. The van der Waals surface area contributed by atoms with Gasteiger partial charge in [0.05, 0.1) is 0 Å². The molecule has 0 bridgehead atoms. The largest absolute Gasteiger partial charge is 0.342 e. The van der Waals surface area contributed by atoms with E-state index in [9.17, 15) is 4.79 Å². The first-order chi connectivity index (χ1) is 4.76. The van der Waals surface area contributed by atoms with Gasteiger partial charge in [0, 0.05) is 25.4 Å². The van der Waals surface area contributed by atoms with Crippen molar-refractivity contribution in [2.24, 2.45) is 0 Å². The van der Waals surface area contributed by atoms with Gasteiger partial charge >= 0.3 is 0 Å². The minimum Gasteiger partial charge on any atom is -0.342 e. The quantitative estimate of drug-likeness (QED) is 0.575. The molecule has 0 heterocycles. The molecule has 0 N–H and O–H groups in total. The number of halogens is 1. The summed E-state index contributed by atoms with van der Waals surface area (Å²) in [4.78, 5) is 12.8. The Balaban J connectivity index is 3.68. The monoisotopic (exact) mass is 163 g/mol. The third-order valence-corrected chi connectivity index (χ3v) is 1.56. The molecule has 1 amide bonds. The number of hydrogen-bond acceptors (Lipinski definition) is 1. The van der Waals surface area contributed by atoms with E-state index < -0.39 is 0 Å². The highest BCUT2D eigenvalue weighted by molar-refractivity contribution is 6.18. The summed E-state index contributed by atoms with van der Waals surface area (Å²) in [5, 5.41) is 0. The SMILES string of the molecule is CCC(=O)N(CC)CCCl. The van der Waals surface area contributed by atoms with Crippen LogP contribution in [0.3, 0.4) is 0 Å². The van der Waals surface area contributed by atoms with Crippen LogP contribution >= 0.6 is 11.6 Å². The summed E-state index contributed by atoms with van der Waals surface area (Å²) in [5.41, 5.74) is 0. The fourth-order valence-corrected chi connectivity index (χ4v) is 0.989. The van der Waals surface area contributed by atoms with Crippen molar-refractivity contribution in [2.75, 3.05) is 19.0 Å². The fourth-order valence-electron chi connectivity index (χ4n) is 0.785. The van der Waals surface area contributed by atoms with E-state index in [1.807, 2.05) is 13.8 Å². The van der Waals surface area contributed by atoms with Crippen molar-refractivity contribution in [3.63, 3.8) is 0 Å². The number of rotatable bonds is 4. The molecule has 0 aromatic carbocycles. The van der Waals surface area contributed by atoms with Crippen LogP contribution < -0.4 is 0 Å². The number of carbonyl (C=O) groups is 1. The Morgan fingerprint density at radius 2 is 2.10 bits per heavy atom. The van der Waals surface area contributed by atoms with Gasteiger partial charge in [-0.15, -0.1) is 11.6 Å². The Labute approximate surface area is 67.2 Å². The van der Waals surface area contributed by atoms with Crippen LogP contribution in [0, 0.1) is 0 Å². The van der Waals surface area contributed by atoms with Crippen molar-refractivity contribution in [3.05, 3.63) is 0 Å². The van der Waals surface area contributed by atoms with Crippen LogP contribution in [0.2, 0.25) is 0 Å². The van der Waals surface area contributed by atoms with Gasteiger partial charge < -0.3 is 4.90 Å². The van der Waals surface area contributed by atoms with Crippen LogP contribution in [0.25, 0.3) is 0 Å². The van der Waals surface area contributed by atoms with Crippen LogP contribution in [0.1, 0.15) is 20.3 Å². The van der Waals surface area contributed by atoms with E-state index >= 15 is 0 Å². The molecule has 3 heteroatoms. The summed E-state index contributed by atoms with van der Waals surface area (Å²) in [6.45, 7) is 5.25. The van der Waals surface area contributed by atoms with Crippen LogP contribution in [-0.2, 0) is 4.79 Å². The average Bonchev–Trinajstić information content (AvgIpc) is 1.99. The minimum atomic E-state index is 0.183. The maximum Gasteiger partial charge on any atom is 0.222 e. The Bertz CT molecular complexity index is 106. The first-order valence-electron chi connectivity index (χ1n) is 3.60. The molecule has 0 aromatic rings. The summed E-state index contributed by atoms with van der Waals surface area (Å²) in [5.74, 6) is 0.711.